The lowest BCUT2D eigenvalue weighted by atomic mass is 9.75. The molecular weight excluding hydrogens is 285 g/mol. The van der Waals surface area contributed by atoms with Crippen molar-refractivity contribution in [3.8, 4) is 0 Å². The second-order valence-electron chi connectivity index (χ2n) is 6.41. The fraction of sp³-hybridized carbons (Fsp3) is 0.667. The number of nitrogens with one attached hydrogen (secondary N) is 1. The Balaban J connectivity index is 2.95. The molecule has 1 nitrogen and oxygen atoms in total. The van der Waals surface area contributed by atoms with Gasteiger partial charge in [-0.05, 0) is 48.4 Å². The number of benzene rings is 1. The molecule has 0 aliphatic rings. The summed E-state index contributed by atoms with van der Waals surface area (Å²) < 4.78 is 14.1. The predicted molar refractivity (Wildman–Crippen MR) is 90.5 cm³/mol. The van der Waals surface area contributed by atoms with Crippen LogP contribution >= 0.6 is 11.6 Å². The number of rotatable bonds is 9. The Kier molecular flexibility index (Phi) is 7.69. The maximum Gasteiger partial charge on any atom is 0.126 e. The van der Waals surface area contributed by atoms with Crippen LogP contribution in [0.25, 0.3) is 0 Å². The molecule has 1 rings (SSSR count). The monoisotopic (exact) mass is 313 g/mol. The van der Waals surface area contributed by atoms with Crippen molar-refractivity contribution in [2.45, 2.75) is 65.8 Å². The Morgan fingerprint density at radius 3 is 2.57 bits per heavy atom. The first-order valence-corrected chi connectivity index (χ1v) is 8.47. The van der Waals surface area contributed by atoms with Crippen molar-refractivity contribution in [1.29, 1.82) is 0 Å². The van der Waals surface area contributed by atoms with Gasteiger partial charge in [0.1, 0.15) is 5.82 Å². The Labute approximate surface area is 134 Å². The number of hydrogen-bond acceptors (Lipinski definition) is 1. The summed E-state index contributed by atoms with van der Waals surface area (Å²) in [5.41, 5.74) is 0.845. The van der Waals surface area contributed by atoms with Crippen LogP contribution < -0.4 is 5.32 Å². The van der Waals surface area contributed by atoms with E-state index < -0.39 is 0 Å². The summed E-state index contributed by atoms with van der Waals surface area (Å²) in [6.07, 6.45) is 5.25. The van der Waals surface area contributed by atoms with E-state index in [-0.39, 0.29) is 11.2 Å². The molecule has 1 aromatic carbocycles. The Hall–Kier alpha value is -0.600. The van der Waals surface area contributed by atoms with E-state index in [4.69, 9.17) is 11.6 Å². The van der Waals surface area contributed by atoms with Crippen LogP contribution in [0.15, 0.2) is 18.2 Å². The SMILES string of the molecule is CCCCC(CC)(CNC(C)C)Cc1cc(Cl)ccc1F. The van der Waals surface area contributed by atoms with Crippen molar-refractivity contribution in [2.24, 2.45) is 5.41 Å². The van der Waals surface area contributed by atoms with Crippen LogP contribution in [0.3, 0.4) is 0 Å². The minimum atomic E-state index is -0.140. The molecule has 0 saturated carbocycles. The summed E-state index contributed by atoms with van der Waals surface area (Å²) in [6, 6.07) is 5.32. The molecule has 1 aromatic rings. The van der Waals surface area contributed by atoms with Gasteiger partial charge < -0.3 is 5.32 Å². The number of hydrogen-bond donors (Lipinski definition) is 1. The van der Waals surface area contributed by atoms with Crippen molar-refractivity contribution in [3.63, 3.8) is 0 Å². The Morgan fingerprint density at radius 1 is 1.29 bits per heavy atom. The largest absolute Gasteiger partial charge is 0.314 e. The molecule has 0 heterocycles. The van der Waals surface area contributed by atoms with Crippen LogP contribution in [0.1, 0.15) is 58.9 Å². The van der Waals surface area contributed by atoms with Gasteiger partial charge in [-0.3, -0.25) is 0 Å². The van der Waals surface area contributed by atoms with E-state index in [2.05, 4.69) is 33.0 Å². The molecule has 21 heavy (non-hydrogen) atoms. The molecule has 3 heteroatoms. The lowest BCUT2D eigenvalue weighted by Crippen LogP contribution is -2.39. The zero-order valence-corrected chi connectivity index (χ0v) is 14.6. The fourth-order valence-electron chi connectivity index (χ4n) is 2.72. The molecule has 0 bridgehead atoms. The summed E-state index contributed by atoms with van der Waals surface area (Å²) in [7, 11) is 0. The third-order valence-corrected chi connectivity index (χ3v) is 4.50. The molecule has 1 unspecified atom stereocenters. The summed E-state index contributed by atoms with van der Waals surface area (Å²) in [5, 5.41) is 4.16. The van der Waals surface area contributed by atoms with Crippen LogP contribution in [-0.4, -0.2) is 12.6 Å². The average Bonchev–Trinajstić information content (AvgIpc) is 2.45. The van der Waals surface area contributed by atoms with Gasteiger partial charge in [-0.25, -0.2) is 4.39 Å². The van der Waals surface area contributed by atoms with Crippen LogP contribution in [0.4, 0.5) is 4.39 Å². The maximum atomic E-state index is 14.1. The zero-order valence-electron chi connectivity index (χ0n) is 13.8. The third-order valence-electron chi connectivity index (χ3n) is 4.27. The van der Waals surface area contributed by atoms with Crippen molar-refractivity contribution in [3.05, 3.63) is 34.6 Å². The van der Waals surface area contributed by atoms with Crippen LogP contribution in [-0.2, 0) is 6.42 Å². The summed E-state index contributed by atoms with van der Waals surface area (Å²) in [4.78, 5) is 0. The van der Waals surface area contributed by atoms with E-state index in [1.807, 2.05) is 0 Å². The number of unbranched alkanes of at least 4 members (excludes halogenated alkanes) is 1. The topological polar surface area (TPSA) is 12.0 Å². The molecule has 120 valence electrons. The van der Waals surface area contributed by atoms with Gasteiger partial charge >= 0.3 is 0 Å². The first kappa shape index (κ1) is 18.4. The highest BCUT2D eigenvalue weighted by molar-refractivity contribution is 6.30. The molecule has 0 aliphatic carbocycles. The van der Waals surface area contributed by atoms with Gasteiger partial charge in [0.2, 0.25) is 0 Å². The van der Waals surface area contributed by atoms with Crippen LogP contribution in [0.5, 0.6) is 0 Å². The van der Waals surface area contributed by atoms with Gasteiger partial charge in [0.25, 0.3) is 0 Å². The van der Waals surface area contributed by atoms with Crippen LogP contribution in [0, 0.1) is 11.2 Å². The van der Waals surface area contributed by atoms with Gasteiger partial charge in [-0.15, -0.1) is 0 Å². The normalized spacial score (nSPS) is 14.4. The Morgan fingerprint density at radius 2 is 2.00 bits per heavy atom. The molecule has 0 radical (unpaired) electrons. The molecule has 1 N–H and O–H groups in total. The van der Waals surface area contributed by atoms with Gasteiger partial charge in [0.15, 0.2) is 0 Å². The van der Waals surface area contributed by atoms with E-state index in [1.54, 1.807) is 12.1 Å². The fourth-order valence-corrected chi connectivity index (χ4v) is 2.92. The maximum absolute atomic E-state index is 14.1. The van der Waals surface area contributed by atoms with E-state index in [9.17, 15) is 4.39 Å². The highest BCUT2D eigenvalue weighted by atomic mass is 35.5. The van der Waals surface area contributed by atoms with Crippen molar-refractivity contribution >= 4 is 11.6 Å². The smallest absolute Gasteiger partial charge is 0.126 e. The van der Waals surface area contributed by atoms with E-state index in [0.717, 1.165) is 31.4 Å². The summed E-state index contributed by atoms with van der Waals surface area (Å²) in [5.74, 6) is -0.140. The molecule has 0 spiro atoms. The zero-order chi connectivity index (χ0) is 15.9. The Bertz CT molecular complexity index is 433. The highest BCUT2D eigenvalue weighted by Gasteiger charge is 2.29. The van der Waals surface area contributed by atoms with Gasteiger partial charge in [0.05, 0.1) is 0 Å². The predicted octanol–water partition coefficient (Wildman–Crippen LogP) is 5.61. The quantitative estimate of drug-likeness (QED) is 0.625. The highest BCUT2D eigenvalue weighted by Crippen LogP contribution is 2.34. The third kappa shape index (κ3) is 5.96. The van der Waals surface area contributed by atoms with Crippen LogP contribution in [0.2, 0.25) is 5.02 Å². The minimum Gasteiger partial charge on any atom is -0.314 e. The van der Waals surface area contributed by atoms with Crippen molar-refractivity contribution in [2.75, 3.05) is 6.54 Å². The van der Waals surface area contributed by atoms with Crippen molar-refractivity contribution < 1.29 is 4.39 Å². The lowest BCUT2D eigenvalue weighted by Gasteiger charge is -2.34. The number of halogens is 2. The molecule has 0 fully saturated rings. The summed E-state index contributed by atoms with van der Waals surface area (Å²) in [6.45, 7) is 9.64. The molecular formula is C18H29ClFN. The van der Waals surface area contributed by atoms with E-state index in [1.165, 1.54) is 18.9 Å². The molecule has 0 saturated heterocycles. The summed E-state index contributed by atoms with van der Waals surface area (Å²) >= 11 is 6.04. The molecule has 0 amide bonds. The molecule has 0 aromatic heterocycles. The minimum absolute atomic E-state index is 0.103. The standard InChI is InChI=1S/C18H29ClFN/c1-5-7-10-18(6-2,13-21-14(3)4)12-15-11-16(19)8-9-17(15)20/h8-9,11,14,21H,5-7,10,12-13H2,1-4H3. The van der Waals surface area contributed by atoms with Gasteiger partial charge in [-0.2, -0.15) is 0 Å². The van der Waals surface area contributed by atoms with Gasteiger partial charge in [-0.1, -0.05) is 52.1 Å². The first-order chi connectivity index (χ1) is 9.92. The van der Waals surface area contributed by atoms with Crippen molar-refractivity contribution in [1.82, 2.24) is 5.32 Å². The molecule has 0 aliphatic heterocycles. The molecule has 1 atom stereocenters. The van der Waals surface area contributed by atoms with E-state index in [0.29, 0.717) is 11.1 Å². The lowest BCUT2D eigenvalue weighted by molar-refractivity contribution is 0.220. The average molecular weight is 314 g/mol. The first-order valence-electron chi connectivity index (χ1n) is 8.09. The second kappa shape index (κ2) is 8.75. The van der Waals surface area contributed by atoms with E-state index >= 15 is 0 Å². The van der Waals surface area contributed by atoms with Gasteiger partial charge in [0, 0.05) is 17.6 Å². The second-order valence-corrected chi connectivity index (χ2v) is 6.84.